The zero-order valence-corrected chi connectivity index (χ0v) is 10.9. The summed E-state index contributed by atoms with van der Waals surface area (Å²) in [5.74, 6) is 0.932. The van der Waals surface area contributed by atoms with Crippen molar-refractivity contribution in [3.8, 4) is 0 Å². The van der Waals surface area contributed by atoms with Crippen LogP contribution in [-0.4, -0.2) is 33.6 Å². The van der Waals surface area contributed by atoms with Gasteiger partial charge in [-0.3, -0.25) is 4.57 Å². The fourth-order valence-electron chi connectivity index (χ4n) is 1.41. The number of hydrogen-bond donors (Lipinski definition) is 2. The van der Waals surface area contributed by atoms with Crippen LogP contribution in [-0.2, 0) is 6.54 Å². The lowest BCUT2D eigenvalue weighted by Crippen LogP contribution is -2.27. The maximum Gasteiger partial charge on any atom is 0.343 e. The van der Waals surface area contributed by atoms with Crippen molar-refractivity contribution in [2.75, 3.05) is 12.8 Å². The summed E-state index contributed by atoms with van der Waals surface area (Å²) in [6, 6.07) is 0.465. The molecule has 0 saturated heterocycles. The minimum Gasteiger partial charge on any atom is -0.316 e. The van der Waals surface area contributed by atoms with Gasteiger partial charge < -0.3 is 5.32 Å². The van der Waals surface area contributed by atoms with E-state index in [0.717, 1.165) is 30.3 Å². The summed E-state index contributed by atoms with van der Waals surface area (Å²) in [5, 5.41) is 10.6. The normalized spacial score (nSPS) is 12.9. The van der Waals surface area contributed by atoms with Crippen LogP contribution in [0.25, 0.3) is 0 Å². The number of nitrogens with one attached hydrogen (secondary N) is 2. The third-order valence-electron chi connectivity index (χ3n) is 2.49. The minimum absolute atomic E-state index is 0.109. The number of aromatic nitrogens is 3. The molecular formula is C10H20N4OS. The highest BCUT2D eigenvalue weighted by Gasteiger charge is 2.10. The van der Waals surface area contributed by atoms with Gasteiger partial charge in [-0.05, 0) is 19.9 Å². The molecule has 0 fully saturated rings. The Morgan fingerprint density at radius 1 is 1.56 bits per heavy atom. The Balaban J connectivity index is 2.62. The van der Waals surface area contributed by atoms with Crippen LogP contribution in [0.5, 0.6) is 0 Å². The first-order valence-corrected chi connectivity index (χ1v) is 6.66. The van der Waals surface area contributed by atoms with Gasteiger partial charge in [0.2, 0.25) is 0 Å². The van der Waals surface area contributed by atoms with Gasteiger partial charge in [0, 0.05) is 18.3 Å². The number of H-pyrrole nitrogens is 1. The molecule has 16 heavy (non-hydrogen) atoms. The molecule has 1 aromatic rings. The molecule has 0 aliphatic heterocycles. The fraction of sp³-hybridized carbons (Fsp3) is 0.800. The summed E-state index contributed by atoms with van der Waals surface area (Å²) in [7, 11) is 1.96. The quantitative estimate of drug-likeness (QED) is 0.704. The SMILES string of the molecule is CCCn1c(SCC(CC)NC)n[nH]c1=O. The van der Waals surface area contributed by atoms with E-state index in [1.807, 2.05) is 7.05 Å². The molecule has 0 amide bonds. The average molecular weight is 244 g/mol. The van der Waals surface area contributed by atoms with Gasteiger partial charge in [-0.15, -0.1) is 5.10 Å². The monoisotopic (exact) mass is 244 g/mol. The van der Waals surface area contributed by atoms with E-state index in [1.165, 1.54) is 0 Å². The molecule has 6 heteroatoms. The molecule has 5 nitrogen and oxygen atoms in total. The molecular weight excluding hydrogens is 224 g/mol. The highest BCUT2D eigenvalue weighted by molar-refractivity contribution is 7.99. The standard InChI is InChI=1S/C10H20N4OS/c1-4-6-14-9(15)12-13-10(14)16-7-8(5-2)11-3/h8,11H,4-7H2,1-3H3,(H,12,15). The highest BCUT2D eigenvalue weighted by atomic mass is 32.2. The van der Waals surface area contributed by atoms with Gasteiger partial charge in [-0.1, -0.05) is 25.6 Å². The predicted molar refractivity (Wildman–Crippen MR) is 67.0 cm³/mol. The largest absolute Gasteiger partial charge is 0.343 e. The first-order valence-electron chi connectivity index (χ1n) is 5.68. The predicted octanol–water partition coefficient (Wildman–Crippen LogP) is 1.07. The Hall–Kier alpha value is -0.750. The van der Waals surface area contributed by atoms with Crippen molar-refractivity contribution in [2.45, 2.75) is 44.4 Å². The van der Waals surface area contributed by atoms with Crippen molar-refractivity contribution in [3.05, 3.63) is 10.5 Å². The molecule has 1 unspecified atom stereocenters. The average Bonchev–Trinajstić information content (AvgIpc) is 2.63. The summed E-state index contributed by atoms with van der Waals surface area (Å²) in [6.07, 6.45) is 2.02. The second kappa shape index (κ2) is 6.75. The van der Waals surface area contributed by atoms with Crippen molar-refractivity contribution in [3.63, 3.8) is 0 Å². The second-order valence-corrected chi connectivity index (χ2v) is 4.65. The van der Waals surface area contributed by atoms with E-state index in [2.05, 4.69) is 29.4 Å². The molecule has 92 valence electrons. The van der Waals surface area contributed by atoms with Crippen molar-refractivity contribution in [1.82, 2.24) is 20.1 Å². The van der Waals surface area contributed by atoms with E-state index in [0.29, 0.717) is 6.04 Å². The number of hydrogen-bond acceptors (Lipinski definition) is 4. The van der Waals surface area contributed by atoms with Gasteiger partial charge in [0.1, 0.15) is 0 Å². The first kappa shape index (κ1) is 13.3. The molecule has 0 bridgehead atoms. The van der Waals surface area contributed by atoms with Gasteiger partial charge in [-0.2, -0.15) is 0 Å². The van der Waals surface area contributed by atoms with E-state index < -0.39 is 0 Å². The number of nitrogens with zero attached hydrogens (tertiary/aromatic N) is 2. The Morgan fingerprint density at radius 2 is 2.31 bits per heavy atom. The molecule has 0 saturated carbocycles. The van der Waals surface area contributed by atoms with Gasteiger partial charge in [0.05, 0.1) is 0 Å². The van der Waals surface area contributed by atoms with Gasteiger partial charge in [0.15, 0.2) is 5.16 Å². The van der Waals surface area contributed by atoms with Crippen LogP contribution >= 0.6 is 11.8 Å². The van der Waals surface area contributed by atoms with Gasteiger partial charge in [0.25, 0.3) is 0 Å². The number of thioether (sulfide) groups is 1. The number of rotatable bonds is 7. The molecule has 2 N–H and O–H groups in total. The maximum absolute atomic E-state index is 11.4. The molecule has 0 aliphatic carbocycles. The summed E-state index contributed by atoms with van der Waals surface area (Å²) < 4.78 is 1.70. The minimum atomic E-state index is -0.109. The van der Waals surface area contributed by atoms with E-state index >= 15 is 0 Å². The Morgan fingerprint density at radius 3 is 2.88 bits per heavy atom. The molecule has 1 rings (SSSR count). The van der Waals surface area contributed by atoms with Crippen LogP contribution in [0.2, 0.25) is 0 Å². The summed E-state index contributed by atoms with van der Waals surface area (Å²) in [4.78, 5) is 11.4. The summed E-state index contributed by atoms with van der Waals surface area (Å²) in [6.45, 7) is 4.93. The van der Waals surface area contributed by atoms with Gasteiger partial charge in [-0.25, -0.2) is 9.89 Å². The van der Waals surface area contributed by atoms with Crippen LogP contribution in [0, 0.1) is 0 Å². The van der Waals surface area contributed by atoms with Crippen molar-refractivity contribution < 1.29 is 0 Å². The Bertz CT molecular complexity index is 356. The molecule has 0 aromatic carbocycles. The first-order chi connectivity index (χ1) is 7.72. The lowest BCUT2D eigenvalue weighted by atomic mass is 10.3. The molecule has 0 aliphatic rings. The van der Waals surface area contributed by atoms with E-state index in [1.54, 1.807) is 16.3 Å². The molecule has 1 heterocycles. The zero-order valence-electron chi connectivity index (χ0n) is 10.1. The molecule has 1 aromatic heterocycles. The molecule has 1 atom stereocenters. The Labute approximate surface area is 100 Å². The van der Waals surface area contributed by atoms with E-state index in [9.17, 15) is 4.79 Å². The van der Waals surface area contributed by atoms with Crippen molar-refractivity contribution >= 4 is 11.8 Å². The van der Waals surface area contributed by atoms with Crippen molar-refractivity contribution in [2.24, 2.45) is 0 Å². The smallest absolute Gasteiger partial charge is 0.316 e. The number of aromatic amines is 1. The van der Waals surface area contributed by atoms with Crippen LogP contribution in [0.1, 0.15) is 26.7 Å². The van der Waals surface area contributed by atoms with Crippen LogP contribution < -0.4 is 11.0 Å². The summed E-state index contributed by atoms with van der Waals surface area (Å²) >= 11 is 1.62. The molecule has 0 radical (unpaired) electrons. The lowest BCUT2D eigenvalue weighted by Gasteiger charge is -2.12. The third-order valence-corrected chi connectivity index (χ3v) is 3.62. The van der Waals surface area contributed by atoms with E-state index in [-0.39, 0.29) is 5.69 Å². The summed E-state index contributed by atoms with van der Waals surface area (Å²) in [5.41, 5.74) is -0.109. The maximum atomic E-state index is 11.4. The van der Waals surface area contributed by atoms with Crippen LogP contribution in [0.3, 0.4) is 0 Å². The van der Waals surface area contributed by atoms with Crippen LogP contribution in [0.15, 0.2) is 9.95 Å². The fourth-order valence-corrected chi connectivity index (χ4v) is 2.61. The second-order valence-electron chi connectivity index (χ2n) is 3.67. The molecule has 0 spiro atoms. The van der Waals surface area contributed by atoms with Crippen molar-refractivity contribution in [1.29, 1.82) is 0 Å². The zero-order chi connectivity index (χ0) is 12.0. The Kier molecular flexibility index (Phi) is 5.62. The third kappa shape index (κ3) is 3.38. The van der Waals surface area contributed by atoms with Gasteiger partial charge >= 0.3 is 5.69 Å². The van der Waals surface area contributed by atoms with Crippen LogP contribution in [0.4, 0.5) is 0 Å². The van der Waals surface area contributed by atoms with E-state index in [4.69, 9.17) is 0 Å². The topological polar surface area (TPSA) is 62.7 Å². The lowest BCUT2D eigenvalue weighted by molar-refractivity contribution is 0.590. The highest BCUT2D eigenvalue weighted by Crippen LogP contribution is 2.15.